The van der Waals surface area contributed by atoms with Gasteiger partial charge in [0, 0.05) is 25.7 Å². The maximum absolute atomic E-state index is 12.4. The molecule has 1 unspecified atom stereocenters. The SMILES string of the molecule is O=C(NCC(c1ccc2c(c1)OCO2)N1CCOCC1)C(=O)NC1CCCCC1. The second-order valence-corrected chi connectivity index (χ2v) is 7.80. The lowest BCUT2D eigenvalue weighted by molar-refractivity contribution is -0.140. The lowest BCUT2D eigenvalue weighted by atomic mass is 9.95. The predicted molar refractivity (Wildman–Crippen MR) is 106 cm³/mol. The van der Waals surface area contributed by atoms with Gasteiger partial charge < -0.3 is 24.8 Å². The highest BCUT2D eigenvalue weighted by Crippen LogP contribution is 2.35. The standard InChI is InChI=1S/C21H29N3O5/c25-20(21(26)23-16-4-2-1-3-5-16)22-13-17(24-8-10-27-11-9-24)15-6-7-18-19(12-15)29-14-28-18/h6-7,12,16-17H,1-5,8-11,13-14H2,(H,22,25)(H,23,26). The highest BCUT2D eigenvalue weighted by Gasteiger charge is 2.27. The Kier molecular flexibility index (Phi) is 6.51. The van der Waals surface area contributed by atoms with Gasteiger partial charge in [0.2, 0.25) is 6.79 Å². The molecule has 2 aliphatic heterocycles. The normalized spacial score (nSPS) is 20.8. The van der Waals surface area contributed by atoms with E-state index in [9.17, 15) is 9.59 Å². The summed E-state index contributed by atoms with van der Waals surface area (Å²) in [7, 11) is 0. The van der Waals surface area contributed by atoms with Crippen molar-refractivity contribution in [2.45, 2.75) is 44.2 Å². The Morgan fingerprint density at radius 3 is 2.59 bits per heavy atom. The highest BCUT2D eigenvalue weighted by molar-refractivity contribution is 6.35. The summed E-state index contributed by atoms with van der Waals surface area (Å²) in [6, 6.07) is 5.88. The van der Waals surface area contributed by atoms with E-state index in [0.717, 1.165) is 50.1 Å². The van der Waals surface area contributed by atoms with E-state index in [2.05, 4.69) is 15.5 Å². The van der Waals surface area contributed by atoms with Crippen molar-refractivity contribution in [3.63, 3.8) is 0 Å². The van der Waals surface area contributed by atoms with Crippen molar-refractivity contribution in [1.29, 1.82) is 0 Å². The van der Waals surface area contributed by atoms with Crippen molar-refractivity contribution in [2.24, 2.45) is 0 Å². The number of hydrogen-bond donors (Lipinski definition) is 2. The van der Waals surface area contributed by atoms with Crippen molar-refractivity contribution in [2.75, 3.05) is 39.6 Å². The molecular formula is C21H29N3O5. The van der Waals surface area contributed by atoms with E-state index in [1.54, 1.807) is 0 Å². The summed E-state index contributed by atoms with van der Waals surface area (Å²) < 4.78 is 16.4. The summed E-state index contributed by atoms with van der Waals surface area (Å²) in [5, 5.41) is 5.70. The molecule has 1 aromatic rings. The van der Waals surface area contributed by atoms with Crippen LogP contribution in [0.3, 0.4) is 0 Å². The minimum absolute atomic E-state index is 0.0696. The van der Waals surface area contributed by atoms with Gasteiger partial charge in [0.15, 0.2) is 11.5 Å². The number of hydrogen-bond acceptors (Lipinski definition) is 6. The zero-order valence-electron chi connectivity index (χ0n) is 16.7. The monoisotopic (exact) mass is 403 g/mol. The molecule has 2 N–H and O–H groups in total. The Morgan fingerprint density at radius 1 is 1.03 bits per heavy atom. The average molecular weight is 403 g/mol. The molecule has 1 aliphatic carbocycles. The second kappa shape index (κ2) is 9.45. The Hall–Kier alpha value is -2.32. The molecule has 0 aromatic heterocycles. The fraction of sp³-hybridized carbons (Fsp3) is 0.619. The first-order valence-electron chi connectivity index (χ1n) is 10.5. The van der Waals surface area contributed by atoms with E-state index in [1.807, 2.05) is 18.2 Å². The molecule has 0 spiro atoms. The Morgan fingerprint density at radius 2 is 1.79 bits per heavy atom. The molecule has 158 valence electrons. The van der Waals surface area contributed by atoms with Crippen LogP contribution in [0.15, 0.2) is 18.2 Å². The molecule has 3 aliphatic rings. The fourth-order valence-corrected chi connectivity index (χ4v) is 4.23. The van der Waals surface area contributed by atoms with E-state index in [4.69, 9.17) is 14.2 Å². The fourth-order valence-electron chi connectivity index (χ4n) is 4.23. The molecule has 2 heterocycles. The van der Waals surface area contributed by atoms with Gasteiger partial charge in [-0.15, -0.1) is 0 Å². The number of carbonyl (C=O) groups excluding carboxylic acids is 2. The topological polar surface area (TPSA) is 89.1 Å². The minimum atomic E-state index is -0.574. The molecule has 8 heteroatoms. The van der Waals surface area contributed by atoms with E-state index < -0.39 is 11.8 Å². The van der Waals surface area contributed by atoms with Crippen LogP contribution >= 0.6 is 0 Å². The van der Waals surface area contributed by atoms with Crippen molar-refractivity contribution in [1.82, 2.24) is 15.5 Å². The molecule has 0 radical (unpaired) electrons. The largest absolute Gasteiger partial charge is 0.454 e. The van der Waals surface area contributed by atoms with Crippen molar-refractivity contribution in [3.8, 4) is 11.5 Å². The van der Waals surface area contributed by atoms with Crippen LogP contribution in [0.4, 0.5) is 0 Å². The average Bonchev–Trinajstić information content (AvgIpc) is 3.23. The Labute approximate surface area is 170 Å². The van der Waals surface area contributed by atoms with Crippen LogP contribution in [0.5, 0.6) is 11.5 Å². The summed E-state index contributed by atoms with van der Waals surface area (Å²) in [6.45, 7) is 3.40. The van der Waals surface area contributed by atoms with Gasteiger partial charge in [0.1, 0.15) is 0 Å². The number of fused-ring (bicyclic) bond motifs is 1. The molecule has 1 aromatic carbocycles. The number of morpholine rings is 1. The highest BCUT2D eigenvalue weighted by atomic mass is 16.7. The van der Waals surface area contributed by atoms with Gasteiger partial charge in [0.25, 0.3) is 0 Å². The zero-order chi connectivity index (χ0) is 20.1. The molecule has 2 amide bonds. The lowest BCUT2D eigenvalue weighted by Gasteiger charge is -2.35. The van der Waals surface area contributed by atoms with Crippen LogP contribution in [0.2, 0.25) is 0 Å². The molecule has 29 heavy (non-hydrogen) atoms. The smallest absolute Gasteiger partial charge is 0.309 e. The first-order chi connectivity index (χ1) is 14.2. The molecule has 4 rings (SSSR count). The third-order valence-electron chi connectivity index (χ3n) is 5.87. The molecule has 0 bridgehead atoms. The second-order valence-electron chi connectivity index (χ2n) is 7.80. The van der Waals surface area contributed by atoms with Gasteiger partial charge >= 0.3 is 11.8 Å². The first-order valence-corrected chi connectivity index (χ1v) is 10.5. The number of carbonyl (C=O) groups is 2. The van der Waals surface area contributed by atoms with Crippen LogP contribution in [-0.2, 0) is 14.3 Å². The number of rotatable bonds is 5. The van der Waals surface area contributed by atoms with Gasteiger partial charge in [-0.05, 0) is 30.5 Å². The lowest BCUT2D eigenvalue weighted by Crippen LogP contribution is -2.48. The van der Waals surface area contributed by atoms with Crippen LogP contribution in [0, 0.1) is 0 Å². The van der Waals surface area contributed by atoms with Crippen LogP contribution in [0.25, 0.3) is 0 Å². The van der Waals surface area contributed by atoms with Gasteiger partial charge in [-0.3, -0.25) is 14.5 Å². The Bertz CT molecular complexity index is 729. The van der Waals surface area contributed by atoms with E-state index >= 15 is 0 Å². The summed E-state index contributed by atoms with van der Waals surface area (Å²) in [4.78, 5) is 27.0. The van der Waals surface area contributed by atoms with Gasteiger partial charge in [0.05, 0.1) is 19.3 Å². The molecule has 2 fully saturated rings. The van der Waals surface area contributed by atoms with Crippen LogP contribution in [-0.4, -0.2) is 62.4 Å². The van der Waals surface area contributed by atoms with Crippen LogP contribution in [0.1, 0.15) is 43.7 Å². The number of ether oxygens (including phenoxy) is 3. The summed E-state index contributed by atoms with van der Waals surface area (Å²) >= 11 is 0. The van der Waals surface area contributed by atoms with E-state index in [0.29, 0.717) is 25.5 Å². The molecule has 1 saturated heterocycles. The maximum atomic E-state index is 12.4. The van der Waals surface area contributed by atoms with Gasteiger partial charge in [-0.1, -0.05) is 25.3 Å². The van der Waals surface area contributed by atoms with E-state index in [-0.39, 0.29) is 18.9 Å². The summed E-state index contributed by atoms with van der Waals surface area (Å²) in [5.74, 6) is 0.324. The molecule has 8 nitrogen and oxygen atoms in total. The summed E-state index contributed by atoms with van der Waals surface area (Å²) in [6.07, 6.45) is 5.32. The quantitative estimate of drug-likeness (QED) is 0.722. The Balaban J connectivity index is 1.40. The predicted octanol–water partition coefficient (Wildman–Crippen LogP) is 1.35. The number of benzene rings is 1. The number of amides is 2. The first kappa shape index (κ1) is 20.0. The zero-order valence-corrected chi connectivity index (χ0v) is 16.7. The number of nitrogens with zero attached hydrogens (tertiary/aromatic N) is 1. The maximum Gasteiger partial charge on any atom is 0.309 e. The number of nitrogens with one attached hydrogen (secondary N) is 2. The van der Waals surface area contributed by atoms with E-state index in [1.165, 1.54) is 6.42 Å². The van der Waals surface area contributed by atoms with Gasteiger partial charge in [-0.25, -0.2) is 0 Å². The van der Waals surface area contributed by atoms with Gasteiger partial charge in [-0.2, -0.15) is 0 Å². The minimum Gasteiger partial charge on any atom is -0.454 e. The van der Waals surface area contributed by atoms with Crippen molar-refractivity contribution < 1.29 is 23.8 Å². The summed E-state index contributed by atoms with van der Waals surface area (Å²) in [5.41, 5.74) is 1.02. The molecule has 1 atom stereocenters. The molecular weight excluding hydrogens is 374 g/mol. The molecule has 1 saturated carbocycles. The van der Waals surface area contributed by atoms with Crippen LogP contribution < -0.4 is 20.1 Å². The van der Waals surface area contributed by atoms with Crippen molar-refractivity contribution >= 4 is 11.8 Å². The third-order valence-corrected chi connectivity index (χ3v) is 5.87. The van der Waals surface area contributed by atoms with Crippen molar-refractivity contribution in [3.05, 3.63) is 23.8 Å². The third kappa shape index (κ3) is 5.00.